The summed E-state index contributed by atoms with van der Waals surface area (Å²) in [6.45, 7) is 4.38. The van der Waals surface area contributed by atoms with Gasteiger partial charge in [0.15, 0.2) is 0 Å². The van der Waals surface area contributed by atoms with Gasteiger partial charge < -0.3 is 4.84 Å². The van der Waals surface area contributed by atoms with Gasteiger partial charge in [-0.2, -0.15) is 0 Å². The second-order valence-corrected chi connectivity index (χ2v) is 4.71. The van der Waals surface area contributed by atoms with Crippen molar-refractivity contribution in [1.29, 1.82) is 0 Å². The lowest BCUT2D eigenvalue weighted by molar-refractivity contribution is 0.102. The molecule has 1 aliphatic rings. The Kier molecular flexibility index (Phi) is 3.49. The minimum Gasteiger partial charge on any atom is -0.391 e. The lowest BCUT2D eigenvalue weighted by Gasteiger charge is -2.06. The number of hydrogen-bond acceptors (Lipinski definition) is 2. The Balaban J connectivity index is 2.11. The largest absolute Gasteiger partial charge is 0.391 e. The Morgan fingerprint density at radius 1 is 1.38 bits per heavy atom. The smallest absolute Gasteiger partial charge is 0.146 e. The van der Waals surface area contributed by atoms with Crippen LogP contribution in [-0.2, 0) is 4.84 Å². The van der Waals surface area contributed by atoms with Crippen LogP contribution < -0.4 is 0 Å². The molecule has 0 N–H and O–H groups in total. The average Bonchev–Trinajstić information content (AvgIpc) is 2.77. The molecule has 0 saturated carbocycles. The third-order valence-corrected chi connectivity index (χ3v) is 3.16. The van der Waals surface area contributed by atoms with Gasteiger partial charge in [0, 0.05) is 6.42 Å². The highest BCUT2D eigenvalue weighted by atomic mass is 35.5. The standard InChI is InChI=1S/C13H16ClNO/c1-9(2)10-3-5-11(6-4-10)13-7-12(8-14)16-15-13/h3-6,9,12H,7-8H2,1-2H3. The summed E-state index contributed by atoms with van der Waals surface area (Å²) in [5.74, 6) is 1.06. The number of nitrogens with zero attached hydrogens (tertiary/aromatic N) is 1. The first-order chi connectivity index (χ1) is 7.70. The van der Waals surface area contributed by atoms with Gasteiger partial charge in [-0.25, -0.2) is 0 Å². The maximum absolute atomic E-state index is 5.73. The van der Waals surface area contributed by atoms with Crippen LogP contribution in [0.5, 0.6) is 0 Å². The number of benzene rings is 1. The molecule has 0 radical (unpaired) electrons. The van der Waals surface area contributed by atoms with Crippen molar-refractivity contribution >= 4 is 17.3 Å². The summed E-state index contributed by atoms with van der Waals surface area (Å²) in [5.41, 5.74) is 3.48. The van der Waals surface area contributed by atoms with Gasteiger partial charge in [-0.05, 0) is 17.0 Å². The van der Waals surface area contributed by atoms with Crippen molar-refractivity contribution in [3.8, 4) is 0 Å². The summed E-state index contributed by atoms with van der Waals surface area (Å²) in [6, 6.07) is 8.51. The zero-order valence-corrected chi connectivity index (χ0v) is 10.4. The van der Waals surface area contributed by atoms with Gasteiger partial charge in [0.2, 0.25) is 0 Å². The fourth-order valence-corrected chi connectivity index (χ4v) is 1.91. The number of oxime groups is 1. The van der Waals surface area contributed by atoms with Gasteiger partial charge in [0.05, 0.1) is 11.6 Å². The van der Waals surface area contributed by atoms with Crippen molar-refractivity contribution in [2.45, 2.75) is 32.3 Å². The topological polar surface area (TPSA) is 21.6 Å². The number of hydrogen-bond donors (Lipinski definition) is 0. The minimum atomic E-state index is 0.0430. The highest BCUT2D eigenvalue weighted by Gasteiger charge is 2.20. The molecule has 0 amide bonds. The summed E-state index contributed by atoms with van der Waals surface area (Å²) in [7, 11) is 0. The van der Waals surface area contributed by atoms with Crippen molar-refractivity contribution < 1.29 is 4.84 Å². The summed E-state index contributed by atoms with van der Waals surface area (Å²) in [5, 5.41) is 4.06. The minimum absolute atomic E-state index is 0.0430. The van der Waals surface area contributed by atoms with Gasteiger partial charge in [-0.1, -0.05) is 43.3 Å². The van der Waals surface area contributed by atoms with E-state index in [1.165, 1.54) is 5.56 Å². The van der Waals surface area contributed by atoms with E-state index in [2.05, 4.69) is 43.3 Å². The predicted octanol–water partition coefficient (Wildman–Crippen LogP) is 3.54. The Morgan fingerprint density at radius 3 is 2.56 bits per heavy atom. The fraction of sp³-hybridized carbons (Fsp3) is 0.462. The number of halogens is 1. The van der Waals surface area contributed by atoms with Crippen LogP contribution in [0.4, 0.5) is 0 Å². The predicted molar refractivity (Wildman–Crippen MR) is 67.3 cm³/mol. The molecule has 0 bridgehead atoms. The van der Waals surface area contributed by atoms with Gasteiger partial charge >= 0.3 is 0 Å². The summed E-state index contributed by atoms with van der Waals surface area (Å²) >= 11 is 5.73. The van der Waals surface area contributed by atoms with E-state index in [1.54, 1.807) is 0 Å². The SMILES string of the molecule is CC(C)c1ccc(C2=NOC(CCl)C2)cc1. The normalized spacial score (nSPS) is 19.8. The highest BCUT2D eigenvalue weighted by molar-refractivity contribution is 6.18. The van der Waals surface area contributed by atoms with Crippen LogP contribution in [0, 0.1) is 0 Å². The zero-order chi connectivity index (χ0) is 11.5. The quantitative estimate of drug-likeness (QED) is 0.737. The molecule has 1 heterocycles. The molecule has 2 rings (SSSR count). The first-order valence-electron chi connectivity index (χ1n) is 5.59. The molecule has 1 aliphatic heterocycles. The third-order valence-electron chi connectivity index (χ3n) is 2.82. The van der Waals surface area contributed by atoms with Crippen molar-refractivity contribution in [2.75, 3.05) is 5.88 Å². The van der Waals surface area contributed by atoms with E-state index in [9.17, 15) is 0 Å². The van der Waals surface area contributed by atoms with E-state index in [0.29, 0.717) is 11.8 Å². The number of rotatable bonds is 3. The molecule has 0 saturated heterocycles. The Labute approximate surface area is 101 Å². The van der Waals surface area contributed by atoms with Crippen LogP contribution in [0.25, 0.3) is 0 Å². The number of alkyl halides is 1. The van der Waals surface area contributed by atoms with Gasteiger partial charge in [-0.15, -0.1) is 11.6 Å². The summed E-state index contributed by atoms with van der Waals surface area (Å²) in [6.07, 6.45) is 0.853. The lowest BCUT2D eigenvalue weighted by atomic mass is 9.99. The van der Waals surface area contributed by atoms with E-state index in [0.717, 1.165) is 17.7 Å². The van der Waals surface area contributed by atoms with Crippen LogP contribution in [0.1, 0.15) is 37.3 Å². The molecule has 3 heteroatoms. The van der Waals surface area contributed by atoms with E-state index < -0.39 is 0 Å². The second-order valence-electron chi connectivity index (χ2n) is 4.40. The van der Waals surface area contributed by atoms with Crippen LogP contribution in [0.2, 0.25) is 0 Å². The van der Waals surface area contributed by atoms with E-state index >= 15 is 0 Å². The molecule has 16 heavy (non-hydrogen) atoms. The van der Waals surface area contributed by atoms with E-state index in [1.807, 2.05) is 0 Å². The van der Waals surface area contributed by atoms with Gasteiger partial charge in [0.1, 0.15) is 6.10 Å². The molecule has 1 aromatic rings. The van der Waals surface area contributed by atoms with Crippen molar-refractivity contribution in [2.24, 2.45) is 5.16 Å². The summed E-state index contributed by atoms with van der Waals surface area (Å²) < 4.78 is 0. The van der Waals surface area contributed by atoms with Crippen LogP contribution in [0.15, 0.2) is 29.4 Å². The van der Waals surface area contributed by atoms with Crippen LogP contribution >= 0.6 is 11.6 Å². The molecule has 1 aromatic carbocycles. The Morgan fingerprint density at radius 2 is 2.06 bits per heavy atom. The highest BCUT2D eigenvalue weighted by Crippen LogP contribution is 2.20. The molecular weight excluding hydrogens is 222 g/mol. The first-order valence-corrected chi connectivity index (χ1v) is 6.13. The molecule has 86 valence electrons. The van der Waals surface area contributed by atoms with Crippen LogP contribution in [-0.4, -0.2) is 17.7 Å². The zero-order valence-electron chi connectivity index (χ0n) is 9.61. The molecule has 0 aromatic heterocycles. The molecule has 0 fully saturated rings. The van der Waals surface area contributed by atoms with E-state index in [-0.39, 0.29) is 6.10 Å². The van der Waals surface area contributed by atoms with Gasteiger partial charge in [-0.3, -0.25) is 0 Å². The second kappa shape index (κ2) is 4.88. The van der Waals surface area contributed by atoms with Gasteiger partial charge in [0.25, 0.3) is 0 Å². The summed E-state index contributed by atoms with van der Waals surface area (Å²) in [4.78, 5) is 5.20. The first kappa shape index (κ1) is 11.5. The van der Waals surface area contributed by atoms with E-state index in [4.69, 9.17) is 16.4 Å². The fourth-order valence-electron chi connectivity index (χ4n) is 1.74. The van der Waals surface area contributed by atoms with Crippen LogP contribution in [0.3, 0.4) is 0 Å². The average molecular weight is 238 g/mol. The molecule has 1 unspecified atom stereocenters. The molecule has 0 aliphatic carbocycles. The molecule has 1 atom stereocenters. The Hall–Kier alpha value is -1.02. The molecular formula is C13H16ClNO. The third kappa shape index (κ3) is 2.38. The Bertz CT molecular complexity index is 383. The van der Waals surface area contributed by atoms with Crippen molar-refractivity contribution in [3.05, 3.63) is 35.4 Å². The maximum atomic E-state index is 5.73. The van der Waals surface area contributed by atoms with Crippen molar-refractivity contribution in [3.63, 3.8) is 0 Å². The molecule has 2 nitrogen and oxygen atoms in total. The maximum Gasteiger partial charge on any atom is 0.146 e. The van der Waals surface area contributed by atoms with Crippen molar-refractivity contribution in [1.82, 2.24) is 0 Å². The lowest BCUT2D eigenvalue weighted by Crippen LogP contribution is -2.09. The molecule has 0 spiro atoms. The monoisotopic (exact) mass is 237 g/mol.